The highest BCUT2D eigenvalue weighted by atomic mass is 32.2. The van der Waals surface area contributed by atoms with E-state index in [1.165, 1.54) is 0 Å². The maximum atomic E-state index is 12.7. The summed E-state index contributed by atoms with van der Waals surface area (Å²) in [7, 11) is -3.40. The first kappa shape index (κ1) is 14.5. The molecule has 0 aliphatic carbocycles. The van der Waals surface area contributed by atoms with Gasteiger partial charge in [-0.3, -0.25) is 0 Å². The Kier molecular flexibility index (Phi) is 3.73. The van der Waals surface area contributed by atoms with Crippen molar-refractivity contribution in [3.63, 3.8) is 0 Å². The molecular weight excluding hydrogens is 260 g/mol. The number of benzene rings is 1. The van der Waals surface area contributed by atoms with E-state index in [1.54, 1.807) is 10.4 Å². The number of aryl methyl sites for hydroxylation is 1. The molecule has 1 aliphatic heterocycles. The topological polar surface area (TPSA) is 63.4 Å². The Morgan fingerprint density at radius 1 is 1.37 bits per heavy atom. The van der Waals surface area contributed by atoms with Gasteiger partial charge in [-0.2, -0.15) is 4.31 Å². The van der Waals surface area contributed by atoms with Crippen molar-refractivity contribution in [2.24, 2.45) is 11.1 Å². The van der Waals surface area contributed by atoms with Crippen LogP contribution in [0.5, 0.6) is 0 Å². The Bertz CT molecular complexity index is 579. The van der Waals surface area contributed by atoms with E-state index in [-0.39, 0.29) is 5.41 Å². The van der Waals surface area contributed by atoms with Crippen molar-refractivity contribution in [3.05, 3.63) is 29.3 Å². The molecule has 0 saturated carbocycles. The molecule has 19 heavy (non-hydrogen) atoms. The van der Waals surface area contributed by atoms with Crippen LogP contribution in [0.15, 0.2) is 23.1 Å². The minimum atomic E-state index is -3.40. The third-order valence-corrected chi connectivity index (χ3v) is 5.74. The summed E-state index contributed by atoms with van der Waals surface area (Å²) in [5, 5.41) is 0. The van der Waals surface area contributed by atoms with Gasteiger partial charge in [0.05, 0.1) is 4.90 Å². The Labute approximate surface area is 115 Å². The van der Waals surface area contributed by atoms with Crippen molar-refractivity contribution in [2.45, 2.75) is 38.6 Å². The van der Waals surface area contributed by atoms with Crippen molar-refractivity contribution in [1.29, 1.82) is 0 Å². The molecule has 0 aromatic heterocycles. The maximum Gasteiger partial charge on any atom is 0.243 e. The van der Waals surface area contributed by atoms with Crippen molar-refractivity contribution in [3.8, 4) is 0 Å². The normalized spacial score (nSPS) is 19.8. The van der Waals surface area contributed by atoms with Crippen molar-refractivity contribution >= 4 is 10.0 Å². The zero-order chi connectivity index (χ0) is 14.3. The maximum absolute atomic E-state index is 12.7. The number of sulfonamides is 1. The van der Waals surface area contributed by atoms with Crippen molar-refractivity contribution in [2.75, 3.05) is 13.1 Å². The van der Waals surface area contributed by atoms with Crippen LogP contribution < -0.4 is 5.73 Å². The molecule has 2 N–H and O–H groups in total. The third-order valence-electron chi connectivity index (χ3n) is 3.75. The summed E-state index contributed by atoms with van der Waals surface area (Å²) in [6.45, 7) is 7.57. The van der Waals surface area contributed by atoms with Crippen LogP contribution in [0.25, 0.3) is 0 Å². The summed E-state index contributed by atoms with van der Waals surface area (Å²) in [6.07, 6.45) is 0.905. The average molecular weight is 282 g/mol. The molecule has 0 unspecified atom stereocenters. The van der Waals surface area contributed by atoms with E-state index in [9.17, 15) is 8.42 Å². The predicted octanol–water partition coefficient (Wildman–Crippen LogP) is 1.87. The van der Waals surface area contributed by atoms with Gasteiger partial charge in [0.25, 0.3) is 0 Å². The lowest BCUT2D eigenvalue weighted by Crippen LogP contribution is -2.31. The molecule has 0 bridgehead atoms. The molecule has 0 atom stereocenters. The van der Waals surface area contributed by atoms with Gasteiger partial charge in [0.2, 0.25) is 10.0 Å². The van der Waals surface area contributed by atoms with Crippen LogP contribution in [0.2, 0.25) is 0 Å². The summed E-state index contributed by atoms with van der Waals surface area (Å²) >= 11 is 0. The SMILES string of the molecule is Cc1ccc(CN)cc1S(=O)(=O)N1CCC(C)(C)C1. The Balaban J connectivity index is 2.40. The van der Waals surface area contributed by atoms with Crippen LogP contribution in [0.1, 0.15) is 31.4 Å². The quantitative estimate of drug-likeness (QED) is 0.920. The fourth-order valence-electron chi connectivity index (χ4n) is 2.46. The molecule has 0 amide bonds. The number of nitrogens with two attached hydrogens (primary N) is 1. The van der Waals surface area contributed by atoms with E-state index in [0.29, 0.717) is 24.5 Å². The zero-order valence-corrected chi connectivity index (χ0v) is 12.6. The van der Waals surface area contributed by atoms with Gasteiger partial charge in [-0.1, -0.05) is 26.0 Å². The first-order chi connectivity index (χ1) is 8.76. The Hall–Kier alpha value is -0.910. The van der Waals surface area contributed by atoms with Gasteiger partial charge in [-0.15, -0.1) is 0 Å². The fraction of sp³-hybridized carbons (Fsp3) is 0.571. The van der Waals surface area contributed by atoms with Crippen LogP contribution in [0.4, 0.5) is 0 Å². The predicted molar refractivity (Wildman–Crippen MR) is 76.2 cm³/mol. The lowest BCUT2D eigenvalue weighted by atomic mass is 9.93. The fourth-order valence-corrected chi connectivity index (χ4v) is 4.36. The molecule has 0 radical (unpaired) electrons. The van der Waals surface area contributed by atoms with E-state index in [0.717, 1.165) is 17.5 Å². The molecule has 1 fully saturated rings. The summed E-state index contributed by atoms with van der Waals surface area (Å²) in [5.74, 6) is 0. The van der Waals surface area contributed by atoms with E-state index in [4.69, 9.17) is 5.73 Å². The third kappa shape index (κ3) is 2.83. The van der Waals surface area contributed by atoms with E-state index in [1.807, 2.05) is 19.1 Å². The highest BCUT2D eigenvalue weighted by molar-refractivity contribution is 7.89. The molecule has 1 aromatic rings. The summed E-state index contributed by atoms with van der Waals surface area (Å²) in [5.41, 5.74) is 7.29. The van der Waals surface area contributed by atoms with Crippen LogP contribution in [0.3, 0.4) is 0 Å². The van der Waals surface area contributed by atoms with Gasteiger partial charge in [0, 0.05) is 19.6 Å². The first-order valence-corrected chi connectivity index (χ1v) is 8.00. The van der Waals surface area contributed by atoms with Gasteiger partial charge in [0.15, 0.2) is 0 Å². The second-order valence-electron chi connectivity index (χ2n) is 6.06. The molecule has 1 aliphatic rings. The second-order valence-corrected chi connectivity index (χ2v) is 7.96. The van der Waals surface area contributed by atoms with E-state index in [2.05, 4.69) is 13.8 Å². The second kappa shape index (κ2) is 4.89. The molecule has 5 heteroatoms. The van der Waals surface area contributed by atoms with Crippen LogP contribution in [-0.4, -0.2) is 25.8 Å². The molecule has 106 valence electrons. The Morgan fingerprint density at radius 3 is 2.58 bits per heavy atom. The largest absolute Gasteiger partial charge is 0.326 e. The number of hydrogen-bond acceptors (Lipinski definition) is 3. The standard InChI is InChI=1S/C14H22N2O2S/c1-11-4-5-12(9-15)8-13(11)19(17,18)16-7-6-14(2,3)10-16/h4-5,8H,6-7,9-10,15H2,1-3H3. The monoisotopic (exact) mass is 282 g/mol. The van der Waals surface area contributed by atoms with Crippen LogP contribution in [0, 0.1) is 12.3 Å². The van der Waals surface area contributed by atoms with Crippen molar-refractivity contribution in [1.82, 2.24) is 4.31 Å². The minimum absolute atomic E-state index is 0.0620. The molecule has 0 spiro atoms. The molecule has 1 heterocycles. The molecular formula is C14H22N2O2S. The number of hydrogen-bond donors (Lipinski definition) is 1. The lowest BCUT2D eigenvalue weighted by molar-refractivity contribution is 0.375. The molecule has 2 rings (SSSR count). The number of nitrogens with zero attached hydrogens (tertiary/aromatic N) is 1. The molecule has 1 aromatic carbocycles. The van der Waals surface area contributed by atoms with Gasteiger partial charge >= 0.3 is 0 Å². The van der Waals surface area contributed by atoms with Gasteiger partial charge in [0.1, 0.15) is 0 Å². The number of rotatable bonds is 3. The molecule has 4 nitrogen and oxygen atoms in total. The van der Waals surface area contributed by atoms with E-state index < -0.39 is 10.0 Å². The first-order valence-electron chi connectivity index (χ1n) is 6.56. The van der Waals surface area contributed by atoms with E-state index >= 15 is 0 Å². The highest BCUT2D eigenvalue weighted by Gasteiger charge is 2.37. The van der Waals surface area contributed by atoms with Gasteiger partial charge in [-0.05, 0) is 36.0 Å². The Morgan fingerprint density at radius 2 is 2.05 bits per heavy atom. The van der Waals surface area contributed by atoms with Gasteiger partial charge in [-0.25, -0.2) is 8.42 Å². The van der Waals surface area contributed by atoms with Crippen LogP contribution >= 0.6 is 0 Å². The highest BCUT2D eigenvalue weighted by Crippen LogP contribution is 2.33. The summed E-state index contributed by atoms with van der Waals surface area (Å²) < 4.78 is 27.0. The van der Waals surface area contributed by atoms with Crippen molar-refractivity contribution < 1.29 is 8.42 Å². The van der Waals surface area contributed by atoms with Gasteiger partial charge < -0.3 is 5.73 Å². The summed E-state index contributed by atoms with van der Waals surface area (Å²) in [6, 6.07) is 5.41. The lowest BCUT2D eigenvalue weighted by Gasteiger charge is -2.21. The van der Waals surface area contributed by atoms with Crippen LogP contribution in [-0.2, 0) is 16.6 Å². The minimum Gasteiger partial charge on any atom is -0.326 e. The smallest absolute Gasteiger partial charge is 0.243 e. The zero-order valence-electron chi connectivity index (χ0n) is 11.8. The molecule has 1 saturated heterocycles. The summed E-state index contributed by atoms with van der Waals surface area (Å²) in [4.78, 5) is 0.396. The average Bonchev–Trinajstić information content (AvgIpc) is 2.71.